The van der Waals surface area contributed by atoms with E-state index in [0.717, 1.165) is 0 Å². The molecule has 4 heterocycles. The van der Waals surface area contributed by atoms with Crippen molar-refractivity contribution in [1.29, 1.82) is 0 Å². The number of nitrogens with zero attached hydrogens (tertiary/aromatic N) is 3. The molecule has 2 aliphatic rings. The van der Waals surface area contributed by atoms with E-state index in [-0.39, 0.29) is 23.7 Å². The van der Waals surface area contributed by atoms with Crippen LogP contribution in [0.15, 0.2) is 9.95 Å². The number of hydrogen-bond acceptors (Lipinski definition) is 10. The molecule has 2 aliphatic heterocycles. The summed E-state index contributed by atoms with van der Waals surface area (Å²) in [7, 11) is -1.35. The zero-order chi connectivity index (χ0) is 17.0. The molecule has 0 aromatic carbocycles. The third kappa shape index (κ3) is 2.53. The van der Waals surface area contributed by atoms with Gasteiger partial charge in [0.2, 0.25) is 13.5 Å². The van der Waals surface area contributed by atoms with Gasteiger partial charge in [-0.25, -0.2) is 4.98 Å². The number of aliphatic hydroxyl groups excluding tert-OH is 1. The Balaban J connectivity index is 1.83. The topological polar surface area (TPSA) is 138 Å². The molecule has 130 valence electrons. The van der Waals surface area contributed by atoms with Crippen LogP contribution >= 0.6 is 31.6 Å². The van der Waals surface area contributed by atoms with Gasteiger partial charge in [-0.3, -0.25) is 14.3 Å². The van der Waals surface area contributed by atoms with Crippen molar-refractivity contribution in [3.8, 4) is 0 Å². The molecular weight excluding hydrogens is 377 g/mol. The second-order valence-electron chi connectivity index (χ2n) is 5.25. The number of nitrogen functional groups attached to an aromatic ring is 1. The van der Waals surface area contributed by atoms with Crippen LogP contribution in [-0.2, 0) is 13.8 Å². The van der Waals surface area contributed by atoms with Gasteiger partial charge >= 0.3 is 0 Å². The summed E-state index contributed by atoms with van der Waals surface area (Å²) in [4.78, 5) is 22.9. The van der Waals surface area contributed by atoms with E-state index in [0.29, 0.717) is 5.16 Å². The zero-order valence-corrected chi connectivity index (χ0v) is 14.9. The molecule has 2 aromatic rings. The number of anilines is 1. The SMILES string of the molecule is CSc1nc2c(=O)[nH]c(N)nc2n1[C@@H]1OC2CO[P@@](S)O[C@H]2C1O. The van der Waals surface area contributed by atoms with E-state index in [1.807, 2.05) is 0 Å². The molecule has 2 unspecified atom stereocenters. The Bertz CT molecular complexity index is 846. The third-order valence-electron chi connectivity index (χ3n) is 3.84. The Hall–Kier alpha value is -0.880. The van der Waals surface area contributed by atoms with Crippen molar-refractivity contribution in [2.24, 2.45) is 0 Å². The lowest BCUT2D eigenvalue weighted by Gasteiger charge is -2.28. The average Bonchev–Trinajstić information content (AvgIpc) is 3.05. The van der Waals surface area contributed by atoms with Crippen LogP contribution in [0.2, 0.25) is 0 Å². The number of aliphatic hydroxyl groups is 1. The monoisotopic (exact) mass is 391 g/mol. The Kier molecular flexibility index (Phi) is 4.23. The van der Waals surface area contributed by atoms with Crippen LogP contribution in [0, 0.1) is 0 Å². The lowest BCUT2D eigenvalue weighted by molar-refractivity contribution is -0.0558. The highest BCUT2D eigenvalue weighted by molar-refractivity contribution is 8.41. The maximum Gasteiger partial charge on any atom is 0.280 e. The summed E-state index contributed by atoms with van der Waals surface area (Å²) in [5.74, 6) is -0.0373. The number of fused-ring (bicyclic) bond motifs is 2. The summed E-state index contributed by atoms with van der Waals surface area (Å²) in [6.07, 6.45) is -1.02. The number of thiol groups is 1. The summed E-state index contributed by atoms with van der Waals surface area (Å²) in [5, 5.41) is 11.1. The highest BCUT2D eigenvalue weighted by Gasteiger charge is 2.50. The van der Waals surface area contributed by atoms with Crippen LogP contribution in [0.1, 0.15) is 6.23 Å². The smallest absolute Gasteiger partial charge is 0.280 e. The highest BCUT2D eigenvalue weighted by Crippen LogP contribution is 2.52. The molecular formula is C11H14N5O5PS2. The summed E-state index contributed by atoms with van der Waals surface area (Å²) >= 11 is 5.47. The standard InChI is InChI=1S/C11H14N5O5PS2/c1-24-11-13-4-7(14-10(12)15-8(4)18)16(11)9-5(17)6-3(20-9)2-19-22(23)21-6/h3,5-6,9,17,23H,2H2,1H3,(H3,12,14,15,18)/t3?,5?,6-,9-,22-/m1/s1. The summed E-state index contributed by atoms with van der Waals surface area (Å²) in [5.41, 5.74) is 5.57. The molecule has 24 heavy (non-hydrogen) atoms. The van der Waals surface area contributed by atoms with Gasteiger partial charge in [-0.1, -0.05) is 24.0 Å². The normalized spacial score (nSPS) is 33.0. The first kappa shape index (κ1) is 16.6. The van der Waals surface area contributed by atoms with E-state index in [1.165, 1.54) is 11.8 Å². The molecule has 4 rings (SSSR count). The lowest BCUT2D eigenvalue weighted by Crippen LogP contribution is -2.37. The second-order valence-corrected chi connectivity index (χ2v) is 7.95. The maximum atomic E-state index is 12.1. The van der Waals surface area contributed by atoms with Crippen molar-refractivity contribution < 1.29 is 18.9 Å². The molecule has 0 radical (unpaired) electrons. The van der Waals surface area contributed by atoms with E-state index in [9.17, 15) is 9.90 Å². The quantitative estimate of drug-likeness (QED) is 0.322. The average molecular weight is 391 g/mol. The fourth-order valence-corrected chi connectivity index (χ4v) is 4.72. The van der Waals surface area contributed by atoms with Crippen LogP contribution in [-0.4, -0.2) is 55.8 Å². The van der Waals surface area contributed by atoms with Gasteiger partial charge in [0, 0.05) is 0 Å². The van der Waals surface area contributed by atoms with Crippen molar-refractivity contribution in [3.05, 3.63) is 10.4 Å². The van der Waals surface area contributed by atoms with Crippen molar-refractivity contribution in [3.63, 3.8) is 0 Å². The minimum absolute atomic E-state index is 0.0373. The molecule has 0 aliphatic carbocycles. The molecule has 2 aromatic heterocycles. The third-order valence-corrected chi connectivity index (χ3v) is 5.92. The number of aromatic nitrogens is 4. The van der Waals surface area contributed by atoms with Crippen LogP contribution in [0.5, 0.6) is 0 Å². The molecule has 13 heteroatoms. The molecule has 0 amide bonds. The maximum absolute atomic E-state index is 12.1. The fourth-order valence-electron chi connectivity index (χ4n) is 2.82. The van der Waals surface area contributed by atoms with Gasteiger partial charge in [-0.15, -0.1) is 0 Å². The van der Waals surface area contributed by atoms with Gasteiger partial charge in [0.1, 0.15) is 18.3 Å². The number of hydrogen-bond donors (Lipinski definition) is 4. The van der Waals surface area contributed by atoms with Crippen molar-refractivity contribution in [1.82, 2.24) is 19.5 Å². The molecule has 0 spiro atoms. The first-order valence-corrected chi connectivity index (χ1v) is 10.5. The van der Waals surface area contributed by atoms with E-state index in [1.54, 1.807) is 10.8 Å². The highest BCUT2D eigenvalue weighted by atomic mass is 32.7. The fraction of sp³-hybridized carbons (Fsp3) is 0.545. The minimum Gasteiger partial charge on any atom is -0.386 e. The number of H-pyrrole nitrogens is 1. The van der Waals surface area contributed by atoms with Gasteiger partial charge in [-0.2, -0.15) is 4.98 Å². The van der Waals surface area contributed by atoms with Crippen LogP contribution < -0.4 is 11.3 Å². The Morgan fingerprint density at radius 2 is 2.33 bits per heavy atom. The van der Waals surface area contributed by atoms with E-state index < -0.39 is 37.7 Å². The van der Waals surface area contributed by atoms with E-state index in [2.05, 4.69) is 27.2 Å². The number of rotatable bonds is 2. The molecule has 0 saturated carbocycles. The molecule has 2 fully saturated rings. The zero-order valence-electron chi connectivity index (χ0n) is 12.3. The predicted octanol–water partition coefficient (Wildman–Crippen LogP) is 0.254. The summed E-state index contributed by atoms with van der Waals surface area (Å²) < 4.78 is 18.4. The van der Waals surface area contributed by atoms with E-state index >= 15 is 0 Å². The summed E-state index contributed by atoms with van der Waals surface area (Å²) in [6.45, 7) is 0.269. The van der Waals surface area contributed by atoms with Gasteiger partial charge < -0.3 is 24.6 Å². The minimum atomic E-state index is -1.35. The predicted molar refractivity (Wildman–Crippen MR) is 91.0 cm³/mol. The van der Waals surface area contributed by atoms with Crippen molar-refractivity contribution >= 4 is 48.7 Å². The molecule has 0 bridgehead atoms. The van der Waals surface area contributed by atoms with Crippen LogP contribution in [0.3, 0.4) is 0 Å². The molecule has 2 saturated heterocycles. The number of thioether (sulfide) groups is 1. The Labute approximate surface area is 146 Å². The largest absolute Gasteiger partial charge is 0.386 e. The Morgan fingerprint density at radius 3 is 3.08 bits per heavy atom. The number of aromatic amines is 1. The summed E-state index contributed by atoms with van der Waals surface area (Å²) in [6, 6.07) is 0. The van der Waals surface area contributed by atoms with Crippen molar-refractivity contribution in [2.45, 2.75) is 29.7 Å². The number of imidazole rings is 1. The molecule has 5 atom stereocenters. The number of ether oxygens (including phenoxy) is 1. The lowest BCUT2D eigenvalue weighted by atomic mass is 10.1. The van der Waals surface area contributed by atoms with Gasteiger partial charge in [0.15, 0.2) is 22.5 Å². The van der Waals surface area contributed by atoms with Crippen LogP contribution in [0.4, 0.5) is 5.95 Å². The molecule has 4 N–H and O–H groups in total. The van der Waals surface area contributed by atoms with Crippen LogP contribution in [0.25, 0.3) is 11.2 Å². The Morgan fingerprint density at radius 1 is 1.54 bits per heavy atom. The van der Waals surface area contributed by atoms with Gasteiger partial charge in [0.05, 0.1) is 6.61 Å². The second kappa shape index (κ2) is 6.13. The number of nitrogens with two attached hydrogens (primary N) is 1. The molecule has 10 nitrogen and oxygen atoms in total. The van der Waals surface area contributed by atoms with Crippen molar-refractivity contribution in [2.75, 3.05) is 18.6 Å². The first-order chi connectivity index (χ1) is 11.5. The van der Waals surface area contributed by atoms with Gasteiger partial charge in [0.25, 0.3) is 5.56 Å². The van der Waals surface area contributed by atoms with Gasteiger partial charge in [-0.05, 0) is 6.26 Å². The number of nitrogens with one attached hydrogen (secondary N) is 1. The first-order valence-electron chi connectivity index (χ1n) is 6.93. The van der Waals surface area contributed by atoms with E-state index in [4.69, 9.17) is 19.5 Å².